The molecular weight excluding hydrogens is 545 g/mol. The van der Waals surface area contributed by atoms with E-state index in [9.17, 15) is 14.7 Å². The molecule has 1 aliphatic carbocycles. The first-order valence-electron chi connectivity index (χ1n) is 14.8. The summed E-state index contributed by atoms with van der Waals surface area (Å²) in [5.41, 5.74) is 0.666. The Kier molecular flexibility index (Phi) is 9.70. The summed E-state index contributed by atoms with van der Waals surface area (Å²) in [4.78, 5) is 41.1. The zero-order valence-electron chi connectivity index (χ0n) is 24.3. The van der Waals surface area contributed by atoms with Crippen molar-refractivity contribution < 1.29 is 28.6 Å². The van der Waals surface area contributed by atoms with E-state index in [1.54, 1.807) is 18.1 Å². The number of morpholine rings is 1. The van der Waals surface area contributed by atoms with Crippen LogP contribution in [0.3, 0.4) is 0 Å². The first-order chi connectivity index (χ1) is 20.4. The molecule has 0 spiro atoms. The molecule has 3 N–H and O–H groups in total. The van der Waals surface area contributed by atoms with Gasteiger partial charge in [0.2, 0.25) is 11.9 Å². The molecule has 12 nitrogen and oxygen atoms in total. The van der Waals surface area contributed by atoms with E-state index in [0.29, 0.717) is 44.2 Å². The number of anilines is 4. The van der Waals surface area contributed by atoms with Crippen LogP contribution in [-0.2, 0) is 9.53 Å². The van der Waals surface area contributed by atoms with Gasteiger partial charge in [0.25, 0.3) is 5.91 Å². The molecule has 2 amide bonds. The van der Waals surface area contributed by atoms with Crippen molar-refractivity contribution in [3.05, 3.63) is 29.7 Å². The number of aromatic nitrogens is 2. The number of hydrogen-bond donors (Lipinski definition) is 3. The van der Waals surface area contributed by atoms with Gasteiger partial charge in [-0.1, -0.05) is 19.8 Å². The van der Waals surface area contributed by atoms with Crippen LogP contribution in [0, 0.1) is 5.82 Å². The zero-order chi connectivity index (χ0) is 29.6. The highest BCUT2D eigenvalue weighted by molar-refractivity contribution is 6.04. The monoisotopic (exact) mass is 585 g/mol. The maximum Gasteiger partial charge on any atom is 0.254 e. The second-order valence-electron chi connectivity index (χ2n) is 10.8. The Hall–Kier alpha value is -3.55. The lowest BCUT2D eigenvalue weighted by Gasteiger charge is -2.43. The van der Waals surface area contributed by atoms with Crippen molar-refractivity contribution in [2.24, 2.45) is 0 Å². The quantitative estimate of drug-likeness (QED) is 0.361. The number of rotatable bonds is 11. The molecule has 2 aliphatic heterocycles. The van der Waals surface area contributed by atoms with E-state index in [-0.39, 0.29) is 54.2 Å². The Morgan fingerprint density at radius 1 is 1.24 bits per heavy atom. The number of nitrogens with one attached hydrogen (secondary N) is 2. The van der Waals surface area contributed by atoms with Gasteiger partial charge < -0.3 is 35.0 Å². The molecular formula is C29H40FN7O5. The molecule has 0 unspecified atom stereocenters. The maximum atomic E-state index is 15.3. The van der Waals surface area contributed by atoms with Gasteiger partial charge in [0.15, 0.2) is 5.82 Å². The van der Waals surface area contributed by atoms with Crippen LogP contribution in [-0.4, -0.2) is 104 Å². The average molecular weight is 586 g/mol. The second-order valence-corrected chi connectivity index (χ2v) is 10.8. The number of benzene rings is 1. The SMILES string of the molecule is CC[C@@H]1C(=O)N(C)c2cnc(Nc3cc(F)c(C(=O)NCCN4CCOCC4)cc3OCCO)nc2N1C1CCCC1. The van der Waals surface area contributed by atoms with Crippen molar-refractivity contribution in [1.82, 2.24) is 20.2 Å². The van der Waals surface area contributed by atoms with E-state index < -0.39 is 11.7 Å². The molecule has 1 atom stereocenters. The molecule has 1 aromatic carbocycles. The number of likely N-dealkylation sites (N-methyl/N-ethyl adjacent to an activating group) is 1. The first-order valence-corrected chi connectivity index (χ1v) is 14.8. The van der Waals surface area contributed by atoms with E-state index in [1.807, 2.05) is 6.92 Å². The van der Waals surface area contributed by atoms with Crippen molar-refractivity contribution >= 4 is 35.0 Å². The number of carbonyl (C=O) groups excluding carboxylic acids is 2. The summed E-state index contributed by atoms with van der Waals surface area (Å²) < 4.78 is 26.3. The predicted octanol–water partition coefficient (Wildman–Crippen LogP) is 2.30. The Balaban J connectivity index is 1.38. The molecule has 0 bridgehead atoms. The van der Waals surface area contributed by atoms with Crippen LogP contribution in [0.25, 0.3) is 0 Å². The van der Waals surface area contributed by atoms with Crippen molar-refractivity contribution in [3.63, 3.8) is 0 Å². The number of halogens is 1. The van der Waals surface area contributed by atoms with Crippen molar-refractivity contribution in [3.8, 4) is 5.75 Å². The molecule has 1 aromatic heterocycles. The van der Waals surface area contributed by atoms with Gasteiger partial charge in [0.05, 0.1) is 37.3 Å². The zero-order valence-corrected chi connectivity index (χ0v) is 24.3. The number of fused-ring (bicyclic) bond motifs is 1. The predicted molar refractivity (Wildman–Crippen MR) is 156 cm³/mol. The second kappa shape index (κ2) is 13.6. The fraction of sp³-hybridized carbons (Fsp3) is 0.586. The lowest BCUT2D eigenvalue weighted by molar-refractivity contribution is -0.120. The Labute approximate surface area is 245 Å². The molecule has 13 heteroatoms. The van der Waals surface area contributed by atoms with Gasteiger partial charge in [-0.3, -0.25) is 14.5 Å². The first kappa shape index (κ1) is 29.9. The van der Waals surface area contributed by atoms with E-state index >= 15 is 4.39 Å². The van der Waals surface area contributed by atoms with Crippen LogP contribution in [0.4, 0.5) is 27.5 Å². The molecule has 1 saturated heterocycles. The van der Waals surface area contributed by atoms with Crippen molar-refractivity contribution in [1.29, 1.82) is 0 Å². The smallest absolute Gasteiger partial charge is 0.254 e. The summed E-state index contributed by atoms with van der Waals surface area (Å²) in [7, 11) is 1.73. The van der Waals surface area contributed by atoms with Crippen LogP contribution in [0.15, 0.2) is 18.3 Å². The molecule has 1 saturated carbocycles. The fourth-order valence-electron chi connectivity index (χ4n) is 5.91. The number of carbonyl (C=O) groups is 2. The fourth-order valence-corrected chi connectivity index (χ4v) is 5.91. The van der Waals surface area contributed by atoms with Crippen LogP contribution < -0.4 is 25.2 Å². The van der Waals surface area contributed by atoms with Crippen LogP contribution in [0.2, 0.25) is 0 Å². The third-order valence-electron chi connectivity index (χ3n) is 8.14. The summed E-state index contributed by atoms with van der Waals surface area (Å²) >= 11 is 0. The van der Waals surface area contributed by atoms with E-state index in [1.165, 1.54) is 12.1 Å². The highest BCUT2D eigenvalue weighted by atomic mass is 19.1. The molecule has 2 fully saturated rings. The van der Waals surface area contributed by atoms with Crippen LogP contribution in [0.5, 0.6) is 5.75 Å². The van der Waals surface area contributed by atoms with Gasteiger partial charge >= 0.3 is 0 Å². The highest BCUT2D eigenvalue weighted by Gasteiger charge is 2.41. The number of amides is 2. The van der Waals surface area contributed by atoms with Crippen molar-refractivity contribution in [2.75, 3.05) is 74.8 Å². The lowest BCUT2D eigenvalue weighted by Crippen LogP contribution is -2.55. The number of nitrogens with zero attached hydrogens (tertiary/aromatic N) is 5. The Bertz CT molecular complexity index is 1270. The van der Waals surface area contributed by atoms with Gasteiger partial charge in [-0.15, -0.1) is 0 Å². The molecule has 228 valence electrons. The van der Waals surface area contributed by atoms with Crippen LogP contribution in [0.1, 0.15) is 49.4 Å². The molecule has 3 aliphatic rings. The number of aliphatic hydroxyl groups is 1. The molecule has 42 heavy (non-hydrogen) atoms. The number of hydrogen-bond acceptors (Lipinski definition) is 10. The van der Waals surface area contributed by atoms with Gasteiger partial charge in [-0.05, 0) is 25.3 Å². The number of aliphatic hydroxyl groups excluding tert-OH is 1. The number of ether oxygens (including phenoxy) is 2. The largest absolute Gasteiger partial charge is 0.489 e. The van der Waals surface area contributed by atoms with Crippen LogP contribution >= 0.6 is 0 Å². The minimum atomic E-state index is -0.736. The topological polar surface area (TPSA) is 132 Å². The maximum absolute atomic E-state index is 15.3. The average Bonchev–Trinajstić information content (AvgIpc) is 3.53. The normalized spacial score (nSPS) is 19.6. The van der Waals surface area contributed by atoms with Crippen molar-refractivity contribution in [2.45, 2.75) is 51.1 Å². The molecule has 2 aromatic rings. The lowest BCUT2D eigenvalue weighted by atomic mass is 10.0. The van der Waals surface area contributed by atoms with Gasteiger partial charge in [-0.25, -0.2) is 9.37 Å². The van der Waals surface area contributed by atoms with E-state index in [4.69, 9.17) is 14.5 Å². The third kappa shape index (κ3) is 6.42. The molecule has 5 rings (SSSR count). The standard InChI is InChI=1S/C29H40FN7O5/c1-3-23-28(40)35(2)24-18-32-29(34-26(24)37(23)19-6-4-5-7-19)33-22-17-21(30)20(16-25(22)42-15-12-38)27(39)31-8-9-36-10-13-41-14-11-36/h16-19,23,38H,3-15H2,1-2H3,(H,31,39)(H,32,33,34)/t23-/m1/s1. The van der Waals surface area contributed by atoms with Gasteiger partial charge in [-0.2, -0.15) is 4.98 Å². The van der Waals surface area contributed by atoms with Gasteiger partial charge in [0.1, 0.15) is 29.9 Å². The summed E-state index contributed by atoms with van der Waals surface area (Å²) in [6, 6.07) is 2.37. The highest BCUT2D eigenvalue weighted by Crippen LogP contribution is 2.40. The van der Waals surface area contributed by atoms with E-state index in [0.717, 1.165) is 38.8 Å². The summed E-state index contributed by atoms with van der Waals surface area (Å²) in [6.45, 7) is 5.58. The third-order valence-corrected chi connectivity index (χ3v) is 8.14. The molecule has 0 radical (unpaired) electrons. The summed E-state index contributed by atoms with van der Waals surface area (Å²) in [5.74, 6) is -0.247. The van der Waals surface area contributed by atoms with E-state index in [2.05, 4.69) is 25.4 Å². The summed E-state index contributed by atoms with van der Waals surface area (Å²) in [6.07, 6.45) is 6.42. The Morgan fingerprint density at radius 2 is 2.00 bits per heavy atom. The minimum absolute atomic E-state index is 0.0155. The summed E-state index contributed by atoms with van der Waals surface area (Å²) in [5, 5.41) is 15.2. The minimum Gasteiger partial charge on any atom is -0.489 e. The Morgan fingerprint density at radius 3 is 2.71 bits per heavy atom. The molecule has 3 heterocycles. The van der Waals surface area contributed by atoms with Gasteiger partial charge in [0, 0.05) is 45.3 Å².